The Kier molecular flexibility index (Phi) is 6.49. The van der Waals surface area contributed by atoms with Crippen LogP contribution in [-0.4, -0.2) is 54.2 Å². The van der Waals surface area contributed by atoms with Gasteiger partial charge in [0, 0.05) is 38.3 Å². The van der Waals surface area contributed by atoms with E-state index in [1.165, 1.54) is 11.3 Å². The predicted octanol–water partition coefficient (Wildman–Crippen LogP) is 4.89. The van der Waals surface area contributed by atoms with Crippen LogP contribution in [0.25, 0.3) is 22.4 Å². The molecular formula is C29H36N6O. The molecule has 0 atom stereocenters. The summed E-state index contributed by atoms with van der Waals surface area (Å²) in [5.74, 6) is 1.57. The molecule has 1 saturated heterocycles. The molecule has 3 aromatic carbocycles. The summed E-state index contributed by atoms with van der Waals surface area (Å²) in [5.41, 5.74) is 18.8. The van der Waals surface area contributed by atoms with E-state index >= 15 is 0 Å². The van der Waals surface area contributed by atoms with E-state index in [0.717, 1.165) is 55.1 Å². The minimum absolute atomic E-state index is 0.136. The molecule has 0 bridgehead atoms. The number of aromatic nitrogens is 2. The third-order valence-corrected chi connectivity index (χ3v) is 6.99. The van der Waals surface area contributed by atoms with Gasteiger partial charge in [0.2, 0.25) is 0 Å². The van der Waals surface area contributed by atoms with Gasteiger partial charge in [-0.05, 0) is 35.2 Å². The Balaban J connectivity index is 1.23. The zero-order chi connectivity index (χ0) is 25.3. The van der Waals surface area contributed by atoms with E-state index in [1.807, 2.05) is 12.1 Å². The third kappa shape index (κ3) is 4.97. The first kappa shape index (κ1) is 24.0. The first-order valence-corrected chi connectivity index (χ1v) is 12.6. The number of piperazine rings is 1. The maximum absolute atomic E-state index is 6.01. The third-order valence-electron chi connectivity index (χ3n) is 6.99. The second-order valence-electron chi connectivity index (χ2n) is 10.5. The SMILES string of the molecule is CC(C)(C)c1ccc(-c2nc3c(N4CCN(CCOc5cccc(N)c5N)CC4)cccc3[nH]2)cc1. The van der Waals surface area contributed by atoms with Crippen molar-refractivity contribution in [2.24, 2.45) is 0 Å². The van der Waals surface area contributed by atoms with Crippen LogP contribution < -0.4 is 21.1 Å². The summed E-state index contributed by atoms with van der Waals surface area (Å²) in [6.45, 7) is 12.0. The van der Waals surface area contributed by atoms with E-state index in [-0.39, 0.29) is 5.41 Å². The Labute approximate surface area is 213 Å². The zero-order valence-corrected chi connectivity index (χ0v) is 21.4. The molecule has 36 heavy (non-hydrogen) atoms. The number of rotatable bonds is 6. The van der Waals surface area contributed by atoms with Gasteiger partial charge < -0.3 is 26.1 Å². The van der Waals surface area contributed by atoms with Gasteiger partial charge in [0.1, 0.15) is 23.7 Å². The Hall–Kier alpha value is -3.71. The van der Waals surface area contributed by atoms with Crippen LogP contribution in [0, 0.1) is 0 Å². The van der Waals surface area contributed by atoms with Gasteiger partial charge >= 0.3 is 0 Å². The number of nitrogens with two attached hydrogens (primary N) is 2. The molecule has 1 aromatic heterocycles. The monoisotopic (exact) mass is 484 g/mol. The lowest BCUT2D eigenvalue weighted by atomic mass is 9.87. The number of hydrogen-bond acceptors (Lipinski definition) is 6. The molecule has 188 valence electrons. The number of imidazole rings is 1. The van der Waals surface area contributed by atoms with Crippen LogP contribution in [0.1, 0.15) is 26.3 Å². The Bertz CT molecular complexity index is 1330. The maximum Gasteiger partial charge on any atom is 0.144 e. The summed E-state index contributed by atoms with van der Waals surface area (Å²) in [4.78, 5) is 13.4. The van der Waals surface area contributed by atoms with Crippen molar-refractivity contribution in [3.8, 4) is 17.1 Å². The molecule has 2 heterocycles. The molecule has 0 radical (unpaired) electrons. The zero-order valence-electron chi connectivity index (χ0n) is 21.4. The number of para-hydroxylation sites is 2. The van der Waals surface area contributed by atoms with Gasteiger partial charge in [-0.25, -0.2) is 4.98 Å². The highest BCUT2D eigenvalue weighted by Crippen LogP contribution is 2.31. The second kappa shape index (κ2) is 9.74. The van der Waals surface area contributed by atoms with Crippen LogP contribution in [0.3, 0.4) is 0 Å². The number of aromatic amines is 1. The average Bonchev–Trinajstić information content (AvgIpc) is 3.31. The van der Waals surface area contributed by atoms with Crippen molar-refractivity contribution >= 4 is 28.1 Å². The smallest absolute Gasteiger partial charge is 0.144 e. The number of benzene rings is 3. The molecule has 0 unspecified atom stereocenters. The number of nitrogens with zero attached hydrogens (tertiary/aromatic N) is 3. The van der Waals surface area contributed by atoms with E-state index in [9.17, 15) is 0 Å². The molecule has 0 saturated carbocycles. The van der Waals surface area contributed by atoms with Gasteiger partial charge in [0.05, 0.1) is 22.6 Å². The second-order valence-corrected chi connectivity index (χ2v) is 10.5. The van der Waals surface area contributed by atoms with Crippen molar-refractivity contribution in [3.63, 3.8) is 0 Å². The molecule has 0 aliphatic carbocycles. The van der Waals surface area contributed by atoms with Gasteiger partial charge in [0.15, 0.2) is 0 Å². The van der Waals surface area contributed by atoms with Gasteiger partial charge in [-0.2, -0.15) is 0 Å². The van der Waals surface area contributed by atoms with Crippen molar-refractivity contribution in [3.05, 3.63) is 66.2 Å². The summed E-state index contributed by atoms with van der Waals surface area (Å²) < 4.78 is 5.89. The number of fused-ring (bicyclic) bond motifs is 1. The highest BCUT2D eigenvalue weighted by molar-refractivity contribution is 5.91. The Morgan fingerprint density at radius 1 is 0.917 bits per heavy atom. The van der Waals surface area contributed by atoms with Crippen LogP contribution in [-0.2, 0) is 5.41 Å². The first-order valence-electron chi connectivity index (χ1n) is 12.6. The Morgan fingerprint density at radius 2 is 1.64 bits per heavy atom. The summed E-state index contributed by atoms with van der Waals surface area (Å²) in [6.07, 6.45) is 0. The molecule has 5 rings (SSSR count). The van der Waals surface area contributed by atoms with Crippen molar-refractivity contribution < 1.29 is 4.74 Å². The predicted molar refractivity (Wildman–Crippen MR) is 150 cm³/mol. The summed E-state index contributed by atoms with van der Waals surface area (Å²) in [6, 6.07) is 20.6. The normalized spacial score (nSPS) is 14.9. The quantitative estimate of drug-likeness (QED) is 0.337. The van der Waals surface area contributed by atoms with E-state index in [1.54, 1.807) is 6.07 Å². The lowest BCUT2D eigenvalue weighted by Gasteiger charge is -2.36. The van der Waals surface area contributed by atoms with Crippen LogP contribution in [0.2, 0.25) is 0 Å². The largest absolute Gasteiger partial charge is 0.490 e. The van der Waals surface area contributed by atoms with Gasteiger partial charge in [0.25, 0.3) is 0 Å². The van der Waals surface area contributed by atoms with Crippen LogP contribution in [0.4, 0.5) is 17.1 Å². The number of anilines is 3. The van der Waals surface area contributed by atoms with Gasteiger partial charge in [-0.1, -0.05) is 57.2 Å². The maximum atomic E-state index is 6.01. The van der Waals surface area contributed by atoms with E-state index in [0.29, 0.717) is 23.7 Å². The van der Waals surface area contributed by atoms with Crippen LogP contribution in [0.15, 0.2) is 60.7 Å². The fraction of sp³-hybridized carbons (Fsp3) is 0.345. The minimum Gasteiger partial charge on any atom is -0.490 e. The van der Waals surface area contributed by atoms with Gasteiger partial charge in [-0.3, -0.25) is 4.90 Å². The fourth-order valence-electron chi connectivity index (χ4n) is 4.72. The van der Waals surface area contributed by atoms with Crippen molar-refractivity contribution in [2.45, 2.75) is 26.2 Å². The summed E-state index contributed by atoms with van der Waals surface area (Å²) in [5, 5.41) is 0. The number of nitrogens with one attached hydrogen (secondary N) is 1. The lowest BCUT2D eigenvalue weighted by Crippen LogP contribution is -2.47. The lowest BCUT2D eigenvalue weighted by molar-refractivity contribution is 0.201. The van der Waals surface area contributed by atoms with Crippen molar-refractivity contribution in [1.82, 2.24) is 14.9 Å². The molecule has 0 amide bonds. The first-order chi connectivity index (χ1) is 17.3. The molecule has 1 aliphatic heterocycles. The van der Waals surface area contributed by atoms with Crippen LogP contribution in [0.5, 0.6) is 5.75 Å². The number of H-pyrrole nitrogens is 1. The van der Waals surface area contributed by atoms with E-state index in [4.69, 9.17) is 21.2 Å². The van der Waals surface area contributed by atoms with Crippen molar-refractivity contribution in [2.75, 3.05) is 55.7 Å². The summed E-state index contributed by atoms with van der Waals surface area (Å²) in [7, 11) is 0. The molecule has 1 aliphatic rings. The topological polar surface area (TPSA) is 96.4 Å². The molecule has 1 fully saturated rings. The van der Waals surface area contributed by atoms with Gasteiger partial charge in [-0.15, -0.1) is 0 Å². The number of ether oxygens (including phenoxy) is 1. The number of nitrogen functional groups attached to an aromatic ring is 2. The van der Waals surface area contributed by atoms with E-state index in [2.05, 4.69) is 78.0 Å². The molecule has 5 N–H and O–H groups in total. The van der Waals surface area contributed by atoms with Crippen LogP contribution >= 0.6 is 0 Å². The average molecular weight is 485 g/mol. The molecular weight excluding hydrogens is 448 g/mol. The fourth-order valence-corrected chi connectivity index (χ4v) is 4.72. The van der Waals surface area contributed by atoms with Crippen molar-refractivity contribution in [1.29, 1.82) is 0 Å². The Morgan fingerprint density at radius 3 is 2.36 bits per heavy atom. The highest BCUT2D eigenvalue weighted by Gasteiger charge is 2.21. The molecule has 7 heteroatoms. The van der Waals surface area contributed by atoms with E-state index < -0.39 is 0 Å². The standard InChI is InChI=1S/C29H36N6O/c1-29(2,3)21-12-10-20(11-13-21)28-32-23-7-5-8-24(27(23)33-28)35-16-14-34(15-17-35)18-19-36-25-9-4-6-22(30)26(25)31/h4-13H,14-19,30-31H2,1-3H3,(H,32,33). The molecule has 7 nitrogen and oxygen atoms in total. The highest BCUT2D eigenvalue weighted by atomic mass is 16.5. The molecule has 4 aromatic rings. The summed E-state index contributed by atoms with van der Waals surface area (Å²) >= 11 is 0. The minimum atomic E-state index is 0.136. The number of hydrogen-bond donors (Lipinski definition) is 3. The molecule has 0 spiro atoms.